The summed E-state index contributed by atoms with van der Waals surface area (Å²) >= 11 is 2.78. The highest BCUT2D eigenvalue weighted by molar-refractivity contribution is 7.26. The largest absolute Gasteiger partial charge is 0.497 e. The molecule has 0 saturated carbocycles. The lowest BCUT2D eigenvalue weighted by Gasteiger charge is -2.06. The van der Waals surface area contributed by atoms with E-state index in [4.69, 9.17) is 9.47 Å². The quantitative estimate of drug-likeness (QED) is 0.442. The van der Waals surface area contributed by atoms with Gasteiger partial charge in [-0.15, -0.1) is 22.7 Å². The molecular weight excluding hydrogens is 436 g/mol. The molecule has 0 radical (unpaired) electrons. The average molecular weight is 453 g/mol. The molecule has 0 saturated heterocycles. The maximum atomic E-state index is 12.3. The summed E-state index contributed by atoms with van der Waals surface area (Å²) in [5.41, 5.74) is 1.19. The first kappa shape index (κ1) is 20.7. The standard InChI is InChI=1S/C22H16N2O5S2/c1-28-14-8-6-13(7-9-14)20(26)24-19(25)12-29-22(27)18-11-10-17(30-18)21-23-15-4-2-3-5-16(15)31-21/h2-11H,12H2,1H3,(H,24,25,26). The summed E-state index contributed by atoms with van der Waals surface area (Å²) < 4.78 is 11.1. The molecule has 0 aliphatic rings. The van der Waals surface area contributed by atoms with Gasteiger partial charge in [0.15, 0.2) is 6.61 Å². The SMILES string of the molecule is COc1ccc(C(=O)NC(=O)COC(=O)c2ccc(-c3nc4ccccc4s3)s2)cc1. The number of ether oxygens (including phenoxy) is 2. The van der Waals surface area contributed by atoms with Crippen LogP contribution in [0.5, 0.6) is 5.75 Å². The van der Waals surface area contributed by atoms with Gasteiger partial charge in [-0.1, -0.05) is 12.1 Å². The summed E-state index contributed by atoms with van der Waals surface area (Å²) in [5.74, 6) is -1.34. The van der Waals surface area contributed by atoms with E-state index in [-0.39, 0.29) is 0 Å². The summed E-state index contributed by atoms with van der Waals surface area (Å²) in [6.45, 7) is -0.560. The first-order valence-electron chi connectivity index (χ1n) is 9.14. The van der Waals surface area contributed by atoms with Gasteiger partial charge in [-0.3, -0.25) is 14.9 Å². The van der Waals surface area contributed by atoms with E-state index >= 15 is 0 Å². The second-order valence-corrected chi connectivity index (χ2v) is 8.45. The molecule has 31 heavy (non-hydrogen) atoms. The Balaban J connectivity index is 1.33. The van der Waals surface area contributed by atoms with Crippen molar-refractivity contribution in [2.24, 2.45) is 0 Å². The van der Waals surface area contributed by atoms with Gasteiger partial charge in [0, 0.05) is 5.56 Å². The van der Waals surface area contributed by atoms with Crippen LogP contribution >= 0.6 is 22.7 Å². The molecule has 0 bridgehead atoms. The van der Waals surface area contributed by atoms with Crippen LogP contribution in [0.15, 0.2) is 60.7 Å². The Morgan fingerprint density at radius 2 is 1.74 bits per heavy atom. The number of benzene rings is 2. The van der Waals surface area contributed by atoms with Gasteiger partial charge < -0.3 is 9.47 Å². The molecule has 2 heterocycles. The second-order valence-electron chi connectivity index (χ2n) is 6.33. The zero-order chi connectivity index (χ0) is 21.8. The number of rotatable bonds is 6. The smallest absolute Gasteiger partial charge is 0.348 e. The number of methoxy groups -OCH3 is 1. The number of carbonyl (C=O) groups excluding carboxylic acids is 3. The van der Waals surface area contributed by atoms with Crippen LogP contribution < -0.4 is 10.1 Å². The number of imide groups is 1. The number of nitrogens with zero attached hydrogens (tertiary/aromatic N) is 1. The van der Waals surface area contributed by atoms with Crippen LogP contribution in [0.1, 0.15) is 20.0 Å². The molecule has 156 valence electrons. The minimum atomic E-state index is -0.711. The van der Waals surface area contributed by atoms with Crippen molar-refractivity contribution >= 4 is 50.7 Å². The Bertz CT molecular complexity index is 1230. The third kappa shape index (κ3) is 4.79. The van der Waals surface area contributed by atoms with Crippen LogP contribution in [0.2, 0.25) is 0 Å². The van der Waals surface area contributed by atoms with Crippen molar-refractivity contribution in [3.05, 3.63) is 71.1 Å². The van der Waals surface area contributed by atoms with Gasteiger partial charge in [-0.25, -0.2) is 9.78 Å². The van der Waals surface area contributed by atoms with Gasteiger partial charge in [0.25, 0.3) is 11.8 Å². The van der Waals surface area contributed by atoms with Crippen molar-refractivity contribution < 1.29 is 23.9 Å². The number of fused-ring (bicyclic) bond motifs is 1. The minimum absolute atomic E-state index is 0.291. The number of nitrogens with one attached hydrogen (secondary N) is 1. The highest BCUT2D eigenvalue weighted by Gasteiger charge is 2.17. The predicted octanol–water partition coefficient (Wildman–Crippen LogP) is 4.15. The summed E-state index contributed by atoms with van der Waals surface area (Å²) in [6.07, 6.45) is 0. The first-order chi connectivity index (χ1) is 15.0. The van der Waals surface area contributed by atoms with Crippen molar-refractivity contribution in [1.29, 1.82) is 0 Å². The lowest BCUT2D eigenvalue weighted by molar-refractivity contribution is -0.123. The van der Waals surface area contributed by atoms with Crippen molar-refractivity contribution in [3.8, 4) is 15.6 Å². The van der Waals surface area contributed by atoms with Crippen molar-refractivity contribution in [1.82, 2.24) is 10.3 Å². The van der Waals surface area contributed by atoms with Crippen LogP contribution in [-0.4, -0.2) is 36.5 Å². The maximum absolute atomic E-state index is 12.3. The molecule has 7 nitrogen and oxygen atoms in total. The number of carbonyl (C=O) groups is 3. The van der Waals surface area contributed by atoms with Crippen LogP contribution in [-0.2, 0) is 9.53 Å². The van der Waals surface area contributed by atoms with Gasteiger partial charge in [-0.05, 0) is 48.5 Å². The Kier molecular flexibility index (Phi) is 6.06. The van der Waals surface area contributed by atoms with E-state index in [9.17, 15) is 14.4 Å². The van der Waals surface area contributed by atoms with Gasteiger partial charge in [0.2, 0.25) is 0 Å². The number of thiazole rings is 1. The van der Waals surface area contributed by atoms with Crippen molar-refractivity contribution in [2.45, 2.75) is 0 Å². The Hall–Kier alpha value is -3.56. The molecule has 0 aliphatic carbocycles. The molecule has 2 aromatic carbocycles. The lowest BCUT2D eigenvalue weighted by Crippen LogP contribution is -2.34. The van der Waals surface area contributed by atoms with Crippen LogP contribution in [0.4, 0.5) is 0 Å². The Morgan fingerprint density at radius 3 is 2.48 bits per heavy atom. The first-order valence-corrected chi connectivity index (χ1v) is 10.8. The van der Waals surface area contributed by atoms with E-state index in [2.05, 4.69) is 10.3 Å². The molecule has 2 aromatic heterocycles. The molecule has 0 unspecified atom stereocenters. The van der Waals surface area contributed by atoms with Crippen LogP contribution in [0.25, 0.3) is 20.1 Å². The van der Waals surface area contributed by atoms with Crippen LogP contribution in [0.3, 0.4) is 0 Å². The average Bonchev–Trinajstić information content (AvgIpc) is 3.44. The van der Waals surface area contributed by atoms with Gasteiger partial charge in [-0.2, -0.15) is 0 Å². The van der Waals surface area contributed by atoms with Crippen LogP contribution in [0, 0.1) is 0 Å². The molecule has 0 spiro atoms. The summed E-state index contributed by atoms with van der Waals surface area (Å²) in [5, 5.41) is 3.00. The zero-order valence-electron chi connectivity index (χ0n) is 16.3. The molecule has 4 aromatic rings. The van der Waals surface area contributed by atoms with E-state index < -0.39 is 24.4 Å². The van der Waals surface area contributed by atoms with Crippen molar-refractivity contribution in [3.63, 3.8) is 0 Å². The van der Waals surface area contributed by atoms with E-state index in [0.717, 1.165) is 20.1 Å². The van der Waals surface area contributed by atoms with Crippen molar-refractivity contribution in [2.75, 3.05) is 13.7 Å². The molecule has 4 rings (SSSR count). The zero-order valence-corrected chi connectivity index (χ0v) is 17.9. The number of hydrogen-bond acceptors (Lipinski definition) is 8. The number of thiophene rings is 1. The van der Waals surface area contributed by atoms with Gasteiger partial charge in [0.05, 0.1) is 22.2 Å². The van der Waals surface area contributed by atoms with E-state index in [1.165, 1.54) is 41.9 Å². The molecule has 0 aliphatic heterocycles. The summed E-state index contributed by atoms with van der Waals surface area (Å²) in [6, 6.07) is 17.5. The minimum Gasteiger partial charge on any atom is -0.497 e. The third-order valence-electron chi connectivity index (χ3n) is 4.25. The fourth-order valence-corrected chi connectivity index (χ4v) is 4.64. The van der Waals surface area contributed by atoms with E-state index in [1.54, 1.807) is 24.3 Å². The Labute approximate surface area is 185 Å². The summed E-state index contributed by atoms with van der Waals surface area (Å²) in [7, 11) is 1.52. The molecule has 1 N–H and O–H groups in total. The summed E-state index contributed by atoms with van der Waals surface area (Å²) in [4.78, 5) is 42.1. The lowest BCUT2D eigenvalue weighted by atomic mass is 10.2. The van der Waals surface area contributed by atoms with E-state index in [0.29, 0.717) is 16.2 Å². The third-order valence-corrected chi connectivity index (χ3v) is 6.52. The second kappa shape index (κ2) is 9.07. The highest BCUT2D eigenvalue weighted by Crippen LogP contribution is 2.34. The number of esters is 1. The number of para-hydroxylation sites is 1. The maximum Gasteiger partial charge on any atom is 0.348 e. The monoisotopic (exact) mass is 452 g/mol. The topological polar surface area (TPSA) is 94.6 Å². The Morgan fingerprint density at radius 1 is 0.968 bits per heavy atom. The molecule has 9 heteroatoms. The fraction of sp³-hybridized carbons (Fsp3) is 0.0909. The number of amides is 2. The molecule has 0 atom stereocenters. The fourth-order valence-electron chi connectivity index (χ4n) is 2.72. The number of hydrogen-bond donors (Lipinski definition) is 1. The normalized spacial score (nSPS) is 10.6. The van der Waals surface area contributed by atoms with Gasteiger partial charge in [0.1, 0.15) is 15.6 Å². The number of aromatic nitrogens is 1. The molecular formula is C22H16N2O5S2. The predicted molar refractivity (Wildman–Crippen MR) is 119 cm³/mol. The molecule has 0 fully saturated rings. The van der Waals surface area contributed by atoms with E-state index in [1.807, 2.05) is 24.3 Å². The molecule has 2 amide bonds. The van der Waals surface area contributed by atoms with Gasteiger partial charge >= 0.3 is 5.97 Å². The highest BCUT2D eigenvalue weighted by atomic mass is 32.1.